The van der Waals surface area contributed by atoms with Crippen LogP contribution < -0.4 is 5.32 Å². The summed E-state index contributed by atoms with van der Waals surface area (Å²) in [7, 11) is 2.04. The van der Waals surface area contributed by atoms with E-state index in [0.717, 1.165) is 11.4 Å². The second-order valence-electron chi connectivity index (χ2n) is 5.08. The van der Waals surface area contributed by atoms with Gasteiger partial charge in [-0.25, -0.2) is 0 Å². The summed E-state index contributed by atoms with van der Waals surface area (Å²) in [6, 6.07) is 8.63. The zero-order valence-electron chi connectivity index (χ0n) is 11.2. The molecular formula is C15H23ClN2. The molecule has 0 amide bonds. The molecule has 0 aromatic heterocycles. The maximum absolute atomic E-state index is 5.93. The van der Waals surface area contributed by atoms with Gasteiger partial charge in [0.2, 0.25) is 0 Å². The van der Waals surface area contributed by atoms with Gasteiger partial charge in [-0.3, -0.25) is 0 Å². The molecular weight excluding hydrogens is 244 g/mol. The molecule has 1 unspecified atom stereocenters. The quantitative estimate of drug-likeness (QED) is 0.878. The summed E-state index contributed by atoms with van der Waals surface area (Å²) in [5.74, 6) is 0. The predicted octanol–water partition coefficient (Wildman–Crippen LogP) is 3.48. The Morgan fingerprint density at radius 3 is 2.44 bits per heavy atom. The minimum Gasteiger partial charge on any atom is -0.313 e. The minimum atomic E-state index is 0.434. The van der Waals surface area contributed by atoms with Gasteiger partial charge in [0.05, 0.1) is 0 Å². The molecule has 1 aromatic carbocycles. The molecule has 1 fully saturated rings. The Morgan fingerprint density at radius 1 is 1.17 bits per heavy atom. The van der Waals surface area contributed by atoms with E-state index in [-0.39, 0.29) is 0 Å². The molecule has 1 atom stereocenters. The standard InChI is InChI=1S/C15H23ClN2/c1-17-15(13-5-7-14(16)8-6-13)9-12-18-10-3-2-4-11-18/h5-8,15,17H,2-4,9-12H2,1H3. The Bertz CT molecular complexity index is 344. The third-order valence-electron chi connectivity index (χ3n) is 3.80. The maximum atomic E-state index is 5.93. The van der Waals surface area contributed by atoms with E-state index in [1.54, 1.807) is 0 Å². The molecule has 1 aliphatic rings. The number of likely N-dealkylation sites (tertiary alicyclic amines) is 1. The van der Waals surface area contributed by atoms with Gasteiger partial charge >= 0.3 is 0 Å². The van der Waals surface area contributed by atoms with E-state index in [4.69, 9.17) is 11.6 Å². The molecule has 2 nitrogen and oxygen atoms in total. The number of nitrogens with zero attached hydrogens (tertiary/aromatic N) is 1. The summed E-state index contributed by atoms with van der Waals surface area (Å²) in [6.45, 7) is 3.74. The molecule has 1 aromatic rings. The largest absolute Gasteiger partial charge is 0.313 e. The monoisotopic (exact) mass is 266 g/mol. The average Bonchev–Trinajstić information content (AvgIpc) is 2.42. The summed E-state index contributed by atoms with van der Waals surface area (Å²) < 4.78 is 0. The van der Waals surface area contributed by atoms with Crippen LogP contribution in [0.25, 0.3) is 0 Å². The molecule has 1 saturated heterocycles. The van der Waals surface area contributed by atoms with Crippen LogP contribution in [0.4, 0.5) is 0 Å². The predicted molar refractivity (Wildman–Crippen MR) is 78.2 cm³/mol. The van der Waals surface area contributed by atoms with Crippen LogP contribution in [-0.2, 0) is 0 Å². The molecule has 0 spiro atoms. The number of piperidine rings is 1. The van der Waals surface area contributed by atoms with E-state index in [1.165, 1.54) is 44.5 Å². The van der Waals surface area contributed by atoms with Gasteiger partial charge in [0, 0.05) is 11.1 Å². The van der Waals surface area contributed by atoms with Crippen LogP contribution in [0.1, 0.15) is 37.3 Å². The van der Waals surface area contributed by atoms with Crippen LogP contribution in [0.3, 0.4) is 0 Å². The number of hydrogen-bond acceptors (Lipinski definition) is 2. The lowest BCUT2D eigenvalue weighted by Gasteiger charge is -2.28. The van der Waals surface area contributed by atoms with E-state index >= 15 is 0 Å². The second-order valence-corrected chi connectivity index (χ2v) is 5.52. The Hall–Kier alpha value is -0.570. The molecule has 0 radical (unpaired) electrons. The Labute approximate surface area is 115 Å². The highest BCUT2D eigenvalue weighted by molar-refractivity contribution is 6.30. The second kappa shape index (κ2) is 7.13. The molecule has 1 heterocycles. The van der Waals surface area contributed by atoms with Crippen molar-refractivity contribution in [1.29, 1.82) is 0 Å². The van der Waals surface area contributed by atoms with Crippen molar-refractivity contribution in [2.24, 2.45) is 0 Å². The van der Waals surface area contributed by atoms with Crippen LogP contribution in [0.15, 0.2) is 24.3 Å². The van der Waals surface area contributed by atoms with Gasteiger partial charge in [0.25, 0.3) is 0 Å². The average molecular weight is 267 g/mol. The molecule has 100 valence electrons. The highest BCUT2D eigenvalue weighted by Gasteiger charge is 2.14. The highest BCUT2D eigenvalue weighted by Crippen LogP contribution is 2.20. The zero-order chi connectivity index (χ0) is 12.8. The van der Waals surface area contributed by atoms with Crippen LogP contribution in [0, 0.1) is 0 Å². The first-order valence-electron chi connectivity index (χ1n) is 6.94. The van der Waals surface area contributed by atoms with Crippen LogP contribution in [0.5, 0.6) is 0 Å². The number of rotatable bonds is 5. The summed E-state index contributed by atoms with van der Waals surface area (Å²) in [5, 5.41) is 4.22. The van der Waals surface area contributed by atoms with Crippen LogP contribution in [0.2, 0.25) is 5.02 Å². The summed E-state index contributed by atoms with van der Waals surface area (Å²) in [5.41, 5.74) is 1.33. The van der Waals surface area contributed by atoms with Gasteiger partial charge in [-0.1, -0.05) is 30.2 Å². The number of halogens is 1. The molecule has 0 saturated carbocycles. The van der Waals surface area contributed by atoms with Gasteiger partial charge in [-0.15, -0.1) is 0 Å². The number of benzene rings is 1. The topological polar surface area (TPSA) is 15.3 Å². The number of nitrogens with one attached hydrogen (secondary N) is 1. The Balaban J connectivity index is 1.86. The van der Waals surface area contributed by atoms with Crippen molar-refractivity contribution >= 4 is 11.6 Å². The van der Waals surface area contributed by atoms with Crippen molar-refractivity contribution in [3.63, 3.8) is 0 Å². The van der Waals surface area contributed by atoms with Crippen molar-refractivity contribution in [1.82, 2.24) is 10.2 Å². The lowest BCUT2D eigenvalue weighted by molar-refractivity contribution is 0.218. The van der Waals surface area contributed by atoms with Crippen molar-refractivity contribution in [3.05, 3.63) is 34.9 Å². The highest BCUT2D eigenvalue weighted by atomic mass is 35.5. The SMILES string of the molecule is CNC(CCN1CCCCC1)c1ccc(Cl)cc1. The van der Waals surface area contributed by atoms with Crippen molar-refractivity contribution in [2.45, 2.75) is 31.7 Å². The molecule has 3 heteroatoms. The van der Waals surface area contributed by atoms with Crippen LogP contribution >= 0.6 is 11.6 Å². The lowest BCUT2D eigenvalue weighted by atomic mass is 10.0. The fourth-order valence-electron chi connectivity index (χ4n) is 2.67. The third-order valence-corrected chi connectivity index (χ3v) is 4.06. The van der Waals surface area contributed by atoms with E-state index in [1.807, 2.05) is 19.2 Å². The molecule has 18 heavy (non-hydrogen) atoms. The minimum absolute atomic E-state index is 0.434. The van der Waals surface area contributed by atoms with Gasteiger partial charge in [-0.2, -0.15) is 0 Å². The third kappa shape index (κ3) is 3.98. The summed E-state index contributed by atoms with van der Waals surface area (Å²) in [4.78, 5) is 2.59. The Kier molecular flexibility index (Phi) is 5.48. The Morgan fingerprint density at radius 2 is 1.83 bits per heavy atom. The van der Waals surface area contributed by atoms with Crippen LogP contribution in [-0.4, -0.2) is 31.6 Å². The maximum Gasteiger partial charge on any atom is 0.0406 e. The first-order valence-corrected chi connectivity index (χ1v) is 7.32. The van der Waals surface area contributed by atoms with Gasteiger partial charge < -0.3 is 10.2 Å². The van der Waals surface area contributed by atoms with Crippen molar-refractivity contribution in [2.75, 3.05) is 26.7 Å². The van der Waals surface area contributed by atoms with E-state index < -0.39 is 0 Å². The smallest absolute Gasteiger partial charge is 0.0406 e. The van der Waals surface area contributed by atoms with Crippen molar-refractivity contribution in [3.8, 4) is 0 Å². The van der Waals surface area contributed by atoms with Gasteiger partial charge in [0.1, 0.15) is 0 Å². The molecule has 1 aliphatic heterocycles. The summed E-state index contributed by atoms with van der Waals surface area (Å²) in [6.07, 6.45) is 5.30. The van der Waals surface area contributed by atoms with E-state index in [0.29, 0.717) is 6.04 Å². The van der Waals surface area contributed by atoms with E-state index in [9.17, 15) is 0 Å². The first-order chi connectivity index (χ1) is 8.79. The fraction of sp³-hybridized carbons (Fsp3) is 0.600. The lowest BCUT2D eigenvalue weighted by Crippen LogP contribution is -2.32. The van der Waals surface area contributed by atoms with Gasteiger partial charge in [0.15, 0.2) is 0 Å². The fourth-order valence-corrected chi connectivity index (χ4v) is 2.79. The van der Waals surface area contributed by atoms with E-state index in [2.05, 4.69) is 22.3 Å². The molecule has 1 N–H and O–H groups in total. The molecule has 2 rings (SSSR count). The first kappa shape index (κ1) is 13.9. The van der Waals surface area contributed by atoms with Gasteiger partial charge in [-0.05, 0) is 63.6 Å². The zero-order valence-corrected chi connectivity index (χ0v) is 11.9. The molecule has 0 bridgehead atoms. The normalized spacial score (nSPS) is 18.8. The number of hydrogen-bond donors (Lipinski definition) is 1. The molecule has 0 aliphatic carbocycles. The van der Waals surface area contributed by atoms with Crippen molar-refractivity contribution < 1.29 is 0 Å². The summed E-state index contributed by atoms with van der Waals surface area (Å²) >= 11 is 5.93.